The van der Waals surface area contributed by atoms with Gasteiger partial charge in [0, 0.05) is 0 Å². The van der Waals surface area contributed by atoms with Crippen LogP contribution in [0, 0.1) is 28.6 Å². The Kier molecular flexibility index (Phi) is 11.1. The van der Waals surface area contributed by atoms with Gasteiger partial charge in [-0.3, -0.25) is 9.59 Å². The maximum atomic E-state index is 12.6. The standard InChI is InChI=1S/C19H33NO4/c1-6-9-13-19(14-20,18(22)24-8-3)16(17(21)23-7-2)12-10-11-15(4)5/h15-16H,6-13H2,1-5H3. The molecule has 0 rings (SSSR count). The van der Waals surface area contributed by atoms with E-state index < -0.39 is 23.3 Å². The van der Waals surface area contributed by atoms with Gasteiger partial charge in [0.15, 0.2) is 5.41 Å². The van der Waals surface area contributed by atoms with Crippen LogP contribution in [0.4, 0.5) is 0 Å². The van der Waals surface area contributed by atoms with Gasteiger partial charge >= 0.3 is 11.9 Å². The first kappa shape index (κ1) is 22.4. The number of carbonyl (C=O) groups is 2. The van der Waals surface area contributed by atoms with Crippen LogP contribution in [0.1, 0.15) is 73.1 Å². The number of unbranched alkanes of at least 4 members (excludes halogenated alkanes) is 1. The number of esters is 2. The van der Waals surface area contributed by atoms with Gasteiger partial charge in [0.05, 0.1) is 25.2 Å². The molecule has 24 heavy (non-hydrogen) atoms. The van der Waals surface area contributed by atoms with Crippen molar-refractivity contribution >= 4 is 11.9 Å². The minimum atomic E-state index is -1.45. The number of ether oxygens (including phenoxy) is 2. The van der Waals surface area contributed by atoms with Crippen LogP contribution in [0.25, 0.3) is 0 Å². The molecule has 0 aromatic rings. The van der Waals surface area contributed by atoms with Crippen molar-refractivity contribution in [2.45, 2.75) is 73.1 Å². The predicted octanol–water partition coefficient (Wildman–Crippen LogP) is 4.26. The maximum absolute atomic E-state index is 12.6. The van der Waals surface area contributed by atoms with Crippen LogP contribution in [0.15, 0.2) is 0 Å². The average Bonchev–Trinajstić information content (AvgIpc) is 2.54. The normalized spacial score (nSPS) is 14.5. The molecule has 5 heteroatoms. The number of rotatable bonds is 12. The highest BCUT2D eigenvalue weighted by atomic mass is 16.5. The van der Waals surface area contributed by atoms with Crippen molar-refractivity contribution in [3.8, 4) is 6.07 Å². The summed E-state index contributed by atoms with van der Waals surface area (Å²) in [5, 5.41) is 9.84. The Labute approximate surface area is 146 Å². The monoisotopic (exact) mass is 339 g/mol. The van der Waals surface area contributed by atoms with Crippen LogP contribution in [0.2, 0.25) is 0 Å². The van der Waals surface area contributed by atoms with Crippen molar-refractivity contribution in [3.63, 3.8) is 0 Å². The molecule has 0 saturated carbocycles. The minimum Gasteiger partial charge on any atom is -0.466 e. The highest BCUT2D eigenvalue weighted by Crippen LogP contribution is 2.39. The molecular weight excluding hydrogens is 306 g/mol. The first-order valence-corrected chi connectivity index (χ1v) is 9.14. The molecule has 0 aliphatic heterocycles. The highest BCUT2D eigenvalue weighted by Gasteiger charge is 2.51. The van der Waals surface area contributed by atoms with E-state index in [1.54, 1.807) is 13.8 Å². The first-order chi connectivity index (χ1) is 11.4. The Bertz CT molecular complexity index is 428. The van der Waals surface area contributed by atoms with Gasteiger partial charge in [-0.25, -0.2) is 0 Å². The fourth-order valence-electron chi connectivity index (χ4n) is 2.85. The molecule has 0 radical (unpaired) electrons. The molecule has 138 valence electrons. The summed E-state index contributed by atoms with van der Waals surface area (Å²) in [5.74, 6) is -1.33. The van der Waals surface area contributed by atoms with E-state index in [0.29, 0.717) is 25.2 Å². The van der Waals surface area contributed by atoms with Gasteiger partial charge < -0.3 is 9.47 Å². The quantitative estimate of drug-likeness (QED) is 0.497. The summed E-state index contributed by atoms with van der Waals surface area (Å²) in [6.45, 7) is 10.1. The molecule has 2 atom stereocenters. The SMILES string of the molecule is CCCCC(C#N)(C(=O)OCC)C(CCCC(C)C)C(=O)OCC. The second-order valence-corrected chi connectivity index (χ2v) is 6.54. The molecule has 0 aliphatic rings. The third kappa shape index (κ3) is 6.51. The third-order valence-electron chi connectivity index (χ3n) is 4.20. The molecule has 0 heterocycles. The van der Waals surface area contributed by atoms with Gasteiger partial charge in [0.1, 0.15) is 0 Å². The van der Waals surface area contributed by atoms with E-state index in [0.717, 1.165) is 19.3 Å². The fourth-order valence-corrected chi connectivity index (χ4v) is 2.85. The molecule has 0 aliphatic carbocycles. The zero-order chi connectivity index (χ0) is 18.6. The van der Waals surface area contributed by atoms with Gasteiger partial charge in [-0.2, -0.15) is 5.26 Å². The second kappa shape index (κ2) is 11.9. The molecule has 0 aromatic heterocycles. The lowest BCUT2D eigenvalue weighted by Crippen LogP contribution is -2.43. The Morgan fingerprint density at radius 1 is 1.04 bits per heavy atom. The lowest BCUT2D eigenvalue weighted by atomic mass is 9.70. The van der Waals surface area contributed by atoms with Crippen molar-refractivity contribution < 1.29 is 19.1 Å². The van der Waals surface area contributed by atoms with Crippen LogP contribution in [0.3, 0.4) is 0 Å². The Morgan fingerprint density at radius 3 is 2.12 bits per heavy atom. The largest absolute Gasteiger partial charge is 0.466 e. The van der Waals surface area contributed by atoms with Gasteiger partial charge in [-0.1, -0.05) is 46.5 Å². The van der Waals surface area contributed by atoms with E-state index in [9.17, 15) is 14.9 Å². The van der Waals surface area contributed by atoms with Crippen molar-refractivity contribution in [1.29, 1.82) is 5.26 Å². The van der Waals surface area contributed by atoms with E-state index in [4.69, 9.17) is 9.47 Å². The van der Waals surface area contributed by atoms with Gasteiger partial charge in [-0.15, -0.1) is 0 Å². The molecule has 0 saturated heterocycles. The number of hydrogen-bond donors (Lipinski definition) is 0. The number of nitrogens with zero attached hydrogens (tertiary/aromatic N) is 1. The molecule has 5 nitrogen and oxygen atoms in total. The number of carbonyl (C=O) groups excluding carboxylic acids is 2. The van der Waals surface area contributed by atoms with Crippen LogP contribution in [0.5, 0.6) is 0 Å². The molecule has 0 amide bonds. The second-order valence-electron chi connectivity index (χ2n) is 6.54. The Morgan fingerprint density at radius 2 is 1.67 bits per heavy atom. The van der Waals surface area contributed by atoms with Crippen molar-refractivity contribution in [1.82, 2.24) is 0 Å². The van der Waals surface area contributed by atoms with Crippen LogP contribution >= 0.6 is 0 Å². The van der Waals surface area contributed by atoms with Crippen molar-refractivity contribution in [3.05, 3.63) is 0 Å². The van der Waals surface area contributed by atoms with E-state index in [1.807, 2.05) is 6.92 Å². The predicted molar refractivity (Wildman–Crippen MR) is 93.0 cm³/mol. The summed E-state index contributed by atoms with van der Waals surface area (Å²) in [5.41, 5.74) is -1.45. The lowest BCUT2D eigenvalue weighted by Gasteiger charge is -2.31. The van der Waals surface area contributed by atoms with Crippen molar-refractivity contribution in [2.24, 2.45) is 17.3 Å². The van der Waals surface area contributed by atoms with Gasteiger partial charge in [-0.05, 0) is 32.6 Å². The Balaban J connectivity index is 5.61. The van der Waals surface area contributed by atoms with E-state index in [2.05, 4.69) is 19.9 Å². The topological polar surface area (TPSA) is 76.4 Å². The molecule has 0 fully saturated rings. The number of nitriles is 1. The lowest BCUT2D eigenvalue weighted by molar-refractivity contribution is -0.166. The van der Waals surface area contributed by atoms with Gasteiger partial charge in [0.25, 0.3) is 0 Å². The summed E-state index contributed by atoms with van der Waals surface area (Å²) in [4.78, 5) is 25.1. The van der Waals surface area contributed by atoms with E-state index in [1.165, 1.54) is 0 Å². The molecular formula is C19H33NO4. The summed E-state index contributed by atoms with van der Waals surface area (Å²) in [6.07, 6.45) is 4.03. The summed E-state index contributed by atoms with van der Waals surface area (Å²) in [6, 6.07) is 2.14. The maximum Gasteiger partial charge on any atom is 0.327 e. The summed E-state index contributed by atoms with van der Waals surface area (Å²) < 4.78 is 10.3. The fraction of sp³-hybridized carbons (Fsp3) is 0.842. The van der Waals surface area contributed by atoms with E-state index in [-0.39, 0.29) is 13.2 Å². The smallest absolute Gasteiger partial charge is 0.327 e. The van der Waals surface area contributed by atoms with Crippen LogP contribution in [-0.2, 0) is 19.1 Å². The molecule has 0 spiro atoms. The molecule has 0 aromatic carbocycles. The van der Waals surface area contributed by atoms with Crippen molar-refractivity contribution in [2.75, 3.05) is 13.2 Å². The number of hydrogen-bond acceptors (Lipinski definition) is 5. The molecule has 0 bridgehead atoms. The summed E-state index contributed by atoms with van der Waals surface area (Å²) >= 11 is 0. The Hall–Kier alpha value is -1.57. The first-order valence-electron chi connectivity index (χ1n) is 9.14. The van der Waals surface area contributed by atoms with E-state index >= 15 is 0 Å². The zero-order valence-electron chi connectivity index (χ0n) is 15.9. The average molecular weight is 339 g/mol. The molecule has 2 unspecified atom stereocenters. The van der Waals surface area contributed by atoms with Crippen LogP contribution < -0.4 is 0 Å². The highest BCUT2D eigenvalue weighted by molar-refractivity contribution is 5.88. The zero-order valence-corrected chi connectivity index (χ0v) is 15.9. The molecule has 0 N–H and O–H groups in total. The van der Waals surface area contributed by atoms with Crippen LogP contribution in [-0.4, -0.2) is 25.2 Å². The van der Waals surface area contributed by atoms with Gasteiger partial charge in [0.2, 0.25) is 0 Å². The summed E-state index contributed by atoms with van der Waals surface area (Å²) in [7, 11) is 0. The third-order valence-corrected chi connectivity index (χ3v) is 4.20. The minimum absolute atomic E-state index is 0.190.